The van der Waals surface area contributed by atoms with Crippen molar-refractivity contribution in [2.45, 2.75) is 39.7 Å². The van der Waals surface area contributed by atoms with Crippen molar-refractivity contribution in [3.05, 3.63) is 47.7 Å². The first kappa shape index (κ1) is 19.9. The molecule has 1 unspecified atom stereocenters. The Morgan fingerprint density at radius 2 is 2.04 bits per heavy atom. The number of aryl methyl sites for hydroxylation is 1. The zero-order chi connectivity index (χ0) is 16.8. The maximum atomic E-state index is 11.9. The second kappa shape index (κ2) is 9.25. The molecule has 130 valence electrons. The summed E-state index contributed by atoms with van der Waals surface area (Å²) in [7, 11) is 0. The number of nitrogens with zero attached hydrogens (tertiary/aromatic N) is 1. The van der Waals surface area contributed by atoms with E-state index in [1.807, 2.05) is 39.0 Å². The fraction of sp³-hybridized carbons (Fsp3) is 0.333. The van der Waals surface area contributed by atoms with E-state index in [0.717, 1.165) is 23.3 Å². The monoisotopic (exact) mass is 349 g/mol. The Kier molecular flexibility index (Phi) is 7.68. The summed E-state index contributed by atoms with van der Waals surface area (Å²) in [6.45, 7) is 6.04. The molecule has 0 aliphatic rings. The molecule has 6 heteroatoms. The van der Waals surface area contributed by atoms with Crippen molar-refractivity contribution in [3.63, 3.8) is 0 Å². The van der Waals surface area contributed by atoms with E-state index >= 15 is 0 Å². The van der Waals surface area contributed by atoms with Crippen LogP contribution >= 0.6 is 12.4 Å². The third kappa shape index (κ3) is 5.22. The molecule has 1 aromatic heterocycles. The van der Waals surface area contributed by atoms with Crippen LogP contribution in [-0.2, 0) is 4.79 Å². The summed E-state index contributed by atoms with van der Waals surface area (Å²) in [6, 6.07) is 8.87. The lowest BCUT2D eigenvalue weighted by atomic mass is 10.1. The van der Waals surface area contributed by atoms with E-state index in [2.05, 4.69) is 10.3 Å². The van der Waals surface area contributed by atoms with Crippen LogP contribution in [0.2, 0.25) is 0 Å². The van der Waals surface area contributed by atoms with Crippen molar-refractivity contribution in [2.75, 3.05) is 5.32 Å². The number of carbonyl (C=O) groups is 1. The summed E-state index contributed by atoms with van der Waals surface area (Å²) in [5.41, 5.74) is 8.63. The fourth-order valence-corrected chi connectivity index (χ4v) is 2.14. The van der Waals surface area contributed by atoms with Crippen molar-refractivity contribution in [1.29, 1.82) is 0 Å². The highest BCUT2D eigenvalue weighted by Crippen LogP contribution is 2.26. The number of carbonyl (C=O) groups excluding carboxylic acids is 1. The molecule has 24 heavy (non-hydrogen) atoms. The fourth-order valence-electron chi connectivity index (χ4n) is 2.14. The first-order valence-electron chi connectivity index (χ1n) is 7.77. The van der Waals surface area contributed by atoms with Crippen LogP contribution in [0.1, 0.15) is 30.9 Å². The topological polar surface area (TPSA) is 77.2 Å². The van der Waals surface area contributed by atoms with E-state index in [0.29, 0.717) is 18.0 Å². The van der Waals surface area contributed by atoms with Gasteiger partial charge < -0.3 is 15.8 Å². The van der Waals surface area contributed by atoms with E-state index in [9.17, 15) is 4.79 Å². The molecule has 0 saturated heterocycles. The van der Waals surface area contributed by atoms with Crippen molar-refractivity contribution in [1.82, 2.24) is 4.98 Å². The number of rotatable bonds is 6. The minimum Gasteiger partial charge on any atom is -0.439 e. The number of ether oxygens (including phenoxy) is 1. The zero-order valence-corrected chi connectivity index (χ0v) is 15.0. The molecule has 1 heterocycles. The molecule has 0 spiro atoms. The molecule has 1 atom stereocenters. The van der Waals surface area contributed by atoms with Gasteiger partial charge in [0, 0.05) is 6.07 Å². The summed E-state index contributed by atoms with van der Waals surface area (Å²) in [6.07, 6.45) is 3.10. The largest absolute Gasteiger partial charge is 0.439 e. The lowest BCUT2D eigenvalue weighted by Crippen LogP contribution is -2.35. The molecule has 0 aliphatic carbocycles. The molecule has 0 radical (unpaired) electrons. The predicted octanol–water partition coefficient (Wildman–Crippen LogP) is 3.98. The Balaban J connectivity index is 0.00000288. The first-order chi connectivity index (χ1) is 11.0. The minimum atomic E-state index is -0.495. The summed E-state index contributed by atoms with van der Waals surface area (Å²) in [5, 5.41) is 2.76. The molecule has 0 bridgehead atoms. The van der Waals surface area contributed by atoms with Gasteiger partial charge in [0.1, 0.15) is 5.75 Å². The van der Waals surface area contributed by atoms with Gasteiger partial charge >= 0.3 is 0 Å². The SMILES string of the molecule is CCCC(N)C(=O)Nc1ccc(Oc2cccc(C)c2C)nc1.Cl. The molecule has 0 aliphatic heterocycles. The number of nitrogens with one attached hydrogen (secondary N) is 1. The molecule has 2 aromatic rings. The van der Waals surface area contributed by atoms with Crippen LogP contribution in [0.15, 0.2) is 36.5 Å². The third-order valence-electron chi connectivity index (χ3n) is 3.71. The van der Waals surface area contributed by atoms with Gasteiger partial charge in [0.25, 0.3) is 0 Å². The van der Waals surface area contributed by atoms with Crippen LogP contribution < -0.4 is 15.8 Å². The second-order valence-electron chi connectivity index (χ2n) is 5.57. The van der Waals surface area contributed by atoms with Crippen molar-refractivity contribution < 1.29 is 9.53 Å². The molecule has 3 N–H and O–H groups in total. The Bertz CT molecular complexity index is 674. The number of hydrogen-bond acceptors (Lipinski definition) is 4. The van der Waals surface area contributed by atoms with Gasteiger partial charge in [0.2, 0.25) is 11.8 Å². The van der Waals surface area contributed by atoms with Gasteiger partial charge in [-0.15, -0.1) is 12.4 Å². The summed E-state index contributed by atoms with van der Waals surface area (Å²) < 4.78 is 5.79. The van der Waals surface area contributed by atoms with Crippen molar-refractivity contribution >= 4 is 24.0 Å². The quantitative estimate of drug-likeness (QED) is 0.826. The third-order valence-corrected chi connectivity index (χ3v) is 3.71. The van der Waals surface area contributed by atoms with E-state index < -0.39 is 6.04 Å². The van der Waals surface area contributed by atoms with E-state index in [-0.39, 0.29) is 18.3 Å². The van der Waals surface area contributed by atoms with Crippen LogP contribution in [0.4, 0.5) is 5.69 Å². The van der Waals surface area contributed by atoms with Gasteiger partial charge in [-0.3, -0.25) is 4.79 Å². The molecule has 1 amide bonds. The van der Waals surface area contributed by atoms with Gasteiger partial charge in [-0.2, -0.15) is 0 Å². The Morgan fingerprint density at radius 1 is 1.29 bits per heavy atom. The Morgan fingerprint density at radius 3 is 2.67 bits per heavy atom. The second-order valence-corrected chi connectivity index (χ2v) is 5.57. The highest BCUT2D eigenvalue weighted by molar-refractivity contribution is 5.94. The number of anilines is 1. The number of hydrogen-bond donors (Lipinski definition) is 2. The maximum Gasteiger partial charge on any atom is 0.241 e. The molecule has 0 saturated carbocycles. The van der Waals surface area contributed by atoms with Crippen molar-refractivity contribution in [3.8, 4) is 11.6 Å². The van der Waals surface area contributed by atoms with E-state index in [4.69, 9.17) is 10.5 Å². The number of amides is 1. The number of benzene rings is 1. The van der Waals surface area contributed by atoms with Gasteiger partial charge in [-0.05, 0) is 43.5 Å². The van der Waals surface area contributed by atoms with Crippen LogP contribution in [0, 0.1) is 13.8 Å². The highest BCUT2D eigenvalue weighted by atomic mass is 35.5. The maximum absolute atomic E-state index is 11.9. The molecular weight excluding hydrogens is 326 g/mol. The smallest absolute Gasteiger partial charge is 0.241 e. The number of halogens is 1. The molecule has 1 aromatic carbocycles. The minimum absolute atomic E-state index is 0. The van der Waals surface area contributed by atoms with E-state index in [1.54, 1.807) is 18.3 Å². The number of aromatic nitrogens is 1. The molecular formula is C18H24ClN3O2. The van der Waals surface area contributed by atoms with Crippen molar-refractivity contribution in [2.24, 2.45) is 5.73 Å². The van der Waals surface area contributed by atoms with Gasteiger partial charge in [0.05, 0.1) is 17.9 Å². The summed E-state index contributed by atoms with van der Waals surface area (Å²) in [4.78, 5) is 16.1. The van der Waals surface area contributed by atoms with Gasteiger partial charge in [0.15, 0.2) is 0 Å². The van der Waals surface area contributed by atoms with Gasteiger partial charge in [-0.1, -0.05) is 25.5 Å². The lowest BCUT2D eigenvalue weighted by molar-refractivity contribution is -0.117. The number of pyridine rings is 1. The van der Waals surface area contributed by atoms with Crippen LogP contribution in [0.3, 0.4) is 0 Å². The highest BCUT2D eigenvalue weighted by Gasteiger charge is 2.12. The predicted molar refractivity (Wildman–Crippen MR) is 99.0 cm³/mol. The van der Waals surface area contributed by atoms with Crippen LogP contribution in [0.5, 0.6) is 11.6 Å². The normalized spacial score (nSPS) is 11.3. The molecule has 2 rings (SSSR count). The summed E-state index contributed by atoms with van der Waals surface area (Å²) in [5.74, 6) is 1.06. The van der Waals surface area contributed by atoms with E-state index in [1.165, 1.54) is 0 Å². The average Bonchev–Trinajstić information content (AvgIpc) is 2.54. The number of nitrogens with two attached hydrogens (primary N) is 1. The van der Waals surface area contributed by atoms with Gasteiger partial charge in [-0.25, -0.2) is 4.98 Å². The standard InChI is InChI=1S/C18H23N3O2.ClH/c1-4-6-15(19)18(22)21-14-9-10-17(20-11-14)23-16-8-5-7-12(2)13(16)3;/h5,7-11,15H,4,6,19H2,1-3H3,(H,21,22);1H. The zero-order valence-electron chi connectivity index (χ0n) is 14.2. The molecule has 5 nitrogen and oxygen atoms in total. The average molecular weight is 350 g/mol. The van der Waals surface area contributed by atoms with Crippen LogP contribution in [0.25, 0.3) is 0 Å². The Hall–Kier alpha value is -2.11. The molecule has 0 fully saturated rings. The first-order valence-corrected chi connectivity index (χ1v) is 7.77. The lowest BCUT2D eigenvalue weighted by Gasteiger charge is -2.12. The summed E-state index contributed by atoms with van der Waals surface area (Å²) >= 11 is 0. The van der Waals surface area contributed by atoms with Crippen LogP contribution in [-0.4, -0.2) is 16.9 Å². The Labute approximate surface area is 149 Å².